The predicted octanol–water partition coefficient (Wildman–Crippen LogP) is 1.97. The molecule has 0 aromatic rings. The quantitative estimate of drug-likeness (QED) is 0.663. The fourth-order valence-electron chi connectivity index (χ4n) is 6.63. The van der Waals surface area contributed by atoms with Crippen LogP contribution >= 0.6 is 0 Å². The van der Waals surface area contributed by atoms with Crippen molar-refractivity contribution in [2.24, 2.45) is 23.2 Å². The van der Waals surface area contributed by atoms with E-state index in [9.17, 15) is 19.2 Å². The largest absolute Gasteiger partial charge is 0.454 e. The molecule has 0 spiro atoms. The molecule has 4 saturated carbocycles. The first-order valence-electron chi connectivity index (χ1n) is 11.3. The van der Waals surface area contributed by atoms with E-state index in [1.165, 1.54) is 19.3 Å². The Morgan fingerprint density at radius 2 is 1.63 bits per heavy atom. The van der Waals surface area contributed by atoms with E-state index >= 15 is 0 Å². The summed E-state index contributed by atoms with van der Waals surface area (Å²) in [7, 11) is 0. The molecule has 1 saturated heterocycles. The molecule has 4 aliphatic carbocycles. The van der Waals surface area contributed by atoms with Gasteiger partial charge in [-0.05, 0) is 83.0 Å². The molecule has 0 aromatic carbocycles. The Hall–Kier alpha value is -2.12. The summed E-state index contributed by atoms with van der Waals surface area (Å²) >= 11 is 0. The Morgan fingerprint density at radius 3 is 2.20 bits per heavy atom. The van der Waals surface area contributed by atoms with Crippen molar-refractivity contribution in [1.82, 2.24) is 15.5 Å². The second-order valence-corrected chi connectivity index (χ2v) is 10.1. The highest BCUT2D eigenvalue weighted by atomic mass is 16.5. The van der Waals surface area contributed by atoms with Crippen LogP contribution in [0, 0.1) is 23.2 Å². The fraction of sp³-hybridized carbons (Fsp3) is 0.818. The summed E-state index contributed by atoms with van der Waals surface area (Å²) < 4.78 is 5.17. The van der Waals surface area contributed by atoms with Gasteiger partial charge in [-0.25, -0.2) is 9.59 Å². The number of esters is 1. The number of imide groups is 1. The van der Waals surface area contributed by atoms with Gasteiger partial charge in [0, 0.05) is 12.6 Å². The molecule has 2 N–H and O–H groups in total. The van der Waals surface area contributed by atoms with Gasteiger partial charge in [0.05, 0.1) is 5.41 Å². The summed E-state index contributed by atoms with van der Waals surface area (Å²) in [4.78, 5) is 51.4. The highest BCUT2D eigenvalue weighted by Crippen LogP contribution is 2.60. The molecule has 166 valence electrons. The molecule has 0 radical (unpaired) electrons. The van der Waals surface area contributed by atoms with Crippen molar-refractivity contribution >= 4 is 23.8 Å². The number of rotatable bonds is 5. The van der Waals surface area contributed by atoms with Gasteiger partial charge < -0.3 is 15.0 Å². The zero-order valence-electron chi connectivity index (χ0n) is 17.9. The number of hydrogen-bond donors (Lipinski definition) is 2. The standard InChI is InChI=1S/C22H33N3O5/c1-13(2)23-21(29)24-18(26)12-30-19(27)17-4-3-5-25(17)20(28)22-9-14-6-15(10-22)8-16(7-14)11-22/h13-17H,3-12H2,1-2H3,(H2,23,24,26,29)/t14?,15?,16?,17-,22?/m1/s1. The van der Waals surface area contributed by atoms with E-state index < -0.39 is 30.6 Å². The minimum Gasteiger partial charge on any atom is -0.454 e. The lowest BCUT2D eigenvalue weighted by atomic mass is 9.49. The second-order valence-electron chi connectivity index (χ2n) is 10.1. The minimum absolute atomic E-state index is 0.108. The molecule has 1 aliphatic heterocycles. The minimum atomic E-state index is -0.682. The molecule has 30 heavy (non-hydrogen) atoms. The van der Waals surface area contributed by atoms with E-state index in [0.29, 0.717) is 30.7 Å². The molecule has 8 nitrogen and oxygen atoms in total. The van der Waals surface area contributed by atoms with Crippen molar-refractivity contribution in [2.75, 3.05) is 13.2 Å². The van der Waals surface area contributed by atoms with E-state index in [1.54, 1.807) is 18.7 Å². The van der Waals surface area contributed by atoms with Crippen LogP contribution in [0.3, 0.4) is 0 Å². The smallest absolute Gasteiger partial charge is 0.329 e. The number of amides is 4. The van der Waals surface area contributed by atoms with Crippen molar-refractivity contribution in [2.45, 2.75) is 77.3 Å². The first-order valence-corrected chi connectivity index (χ1v) is 11.3. The maximum atomic E-state index is 13.6. The lowest BCUT2D eigenvalue weighted by Gasteiger charge is -2.56. The SMILES string of the molecule is CC(C)NC(=O)NC(=O)COC(=O)[C@H]1CCCN1C(=O)C12CC3CC(CC(C3)C1)C2. The molecule has 0 aromatic heterocycles. The first-order chi connectivity index (χ1) is 14.3. The van der Waals surface area contributed by atoms with Crippen molar-refractivity contribution in [1.29, 1.82) is 0 Å². The monoisotopic (exact) mass is 419 g/mol. The van der Waals surface area contributed by atoms with Gasteiger partial charge in [-0.3, -0.25) is 14.9 Å². The summed E-state index contributed by atoms with van der Waals surface area (Å²) in [5.41, 5.74) is -0.288. The average molecular weight is 420 g/mol. The number of urea groups is 1. The normalized spacial score (nSPS) is 34.2. The van der Waals surface area contributed by atoms with E-state index in [1.807, 2.05) is 0 Å². The van der Waals surface area contributed by atoms with Gasteiger partial charge in [-0.2, -0.15) is 0 Å². The third-order valence-electron chi connectivity index (χ3n) is 7.30. The van der Waals surface area contributed by atoms with Crippen LogP contribution in [0.1, 0.15) is 65.2 Å². The number of carbonyl (C=O) groups is 4. The van der Waals surface area contributed by atoms with Gasteiger partial charge in [0.1, 0.15) is 6.04 Å². The van der Waals surface area contributed by atoms with Crippen LogP contribution in [0.15, 0.2) is 0 Å². The summed E-state index contributed by atoms with van der Waals surface area (Å²) in [5, 5.41) is 4.67. The van der Waals surface area contributed by atoms with Crippen molar-refractivity contribution in [3.63, 3.8) is 0 Å². The Morgan fingerprint density at radius 1 is 1.03 bits per heavy atom. The summed E-state index contributed by atoms with van der Waals surface area (Å²) in [5.74, 6) is 0.877. The lowest BCUT2D eigenvalue weighted by Crippen LogP contribution is -2.56. The molecule has 0 unspecified atom stereocenters. The summed E-state index contributed by atoms with van der Waals surface area (Å²) in [6.45, 7) is 3.60. The molecular formula is C22H33N3O5. The average Bonchev–Trinajstić information content (AvgIpc) is 3.13. The number of hydrogen-bond acceptors (Lipinski definition) is 5. The molecule has 5 fully saturated rings. The van der Waals surface area contributed by atoms with Crippen molar-refractivity contribution in [3.8, 4) is 0 Å². The number of nitrogens with zero attached hydrogens (tertiary/aromatic N) is 1. The highest BCUT2D eigenvalue weighted by Gasteiger charge is 2.57. The first kappa shape index (κ1) is 21.1. The topological polar surface area (TPSA) is 105 Å². The van der Waals surface area contributed by atoms with Gasteiger partial charge in [-0.15, -0.1) is 0 Å². The predicted molar refractivity (Wildman–Crippen MR) is 108 cm³/mol. The number of nitrogens with one attached hydrogen (secondary N) is 2. The third kappa shape index (κ3) is 4.18. The van der Waals surface area contributed by atoms with E-state index in [2.05, 4.69) is 10.6 Å². The second kappa shape index (κ2) is 8.19. The van der Waals surface area contributed by atoms with Crippen LogP contribution in [0.5, 0.6) is 0 Å². The third-order valence-corrected chi connectivity index (χ3v) is 7.30. The molecule has 4 amide bonds. The van der Waals surface area contributed by atoms with Crippen molar-refractivity contribution < 1.29 is 23.9 Å². The van der Waals surface area contributed by atoms with Gasteiger partial charge in [0.25, 0.3) is 5.91 Å². The fourth-order valence-corrected chi connectivity index (χ4v) is 6.63. The molecule has 5 rings (SSSR count). The molecule has 1 heterocycles. The van der Waals surface area contributed by atoms with Gasteiger partial charge in [-0.1, -0.05) is 0 Å². The summed E-state index contributed by atoms with van der Waals surface area (Å²) in [6, 6.07) is -1.35. The number of ether oxygens (including phenoxy) is 1. The Balaban J connectivity index is 1.33. The van der Waals surface area contributed by atoms with Gasteiger partial charge in [0.15, 0.2) is 6.61 Å². The Labute approximate surface area is 177 Å². The van der Waals surface area contributed by atoms with E-state index in [0.717, 1.165) is 25.7 Å². The van der Waals surface area contributed by atoms with Crippen LogP contribution in [0.2, 0.25) is 0 Å². The lowest BCUT2D eigenvalue weighted by molar-refractivity contribution is -0.166. The van der Waals surface area contributed by atoms with Crippen LogP contribution in [0.25, 0.3) is 0 Å². The molecule has 1 atom stereocenters. The molecular weight excluding hydrogens is 386 g/mol. The zero-order valence-corrected chi connectivity index (χ0v) is 17.9. The maximum Gasteiger partial charge on any atom is 0.329 e. The van der Waals surface area contributed by atoms with Crippen molar-refractivity contribution in [3.05, 3.63) is 0 Å². The van der Waals surface area contributed by atoms with Crippen LogP contribution < -0.4 is 10.6 Å². The van der Waals surface area contributed by atoms with Gasteiger partial charge >= 0.3 is 12.0 Å². The van der Waals surface area contributed by atoms with E-state index in [4.69, 9.17) is 4.74 Å². The molecule has 4 bridgehead atoms. The zero-order chi connectivity index (χ0) is 21.5. The number of carbonyl (C=O) groups excluding carboxylic acids is 4. The maximum absolute atomic E-state index is 13.6. The van der Waals surface area contributed by atoms with Crippen LogP contribution in [-0.4, -0.2) is 54.0 Å². The number of likely N-dealkylation sites (tertiary alicyclic amines) is 1. The molecule has 8 heteroatoms. The van der Waals surface area contributed by atoms with Crippen LogP contribution in [0.4, 0.5) is 4.79 Å². The Bertz CT molecular complexity index is 699. The van der Waals surface area contributed by atoms with E-state index in [-0.39, 0.29) is 17.4 Å². The summed E-state index contributed by atoms with van der Waals surface area (Å²) in [6.07, 6.45) is 8.00. The van der Waals surface area contributed by atoms with Gasteiger partial charge in [0.2, 0.25) is 5.91 Å². The highest BCUT2D eigenvalue weighted by molar-refractivity contribution is 5.96. The Kier molecular flexibility index (Phi) is 5.77. The van der Waals surface area contributed by atoms with Crippen LogP contribution in [-0.2, 0) is 19.1 Å². The molecule has 5 aliphatic rings.